The Balaban J connectivity index is 0.00000341. The highest BCUT2D eigenvalue weighted by Crippen LogP contribution is 2.27. The van der Waals surface area contributed by atoms with Crippen molar-refractivity contribution in [2.24, 2.45) is 10.9 Å². The van der Waals surface area contributed by atoms with Crippen molar-refractivity contribution < 1.29 is 9.90 Å². The van der Waals surface area contributed by atoms with Gasteiger partial charge in [0.1, 0.15) is 5.60 Å². The molecule has 1 saturated carbocycles. The van der Waals surface area contributed by atoms with Gasteiger partial charge in [-0.05, 0) is 49.9 Å². The van der Waals surface area contributed by atoms with E-state index in [0.29, 0.717) is 19.0 Å². The SMILES string of the molecule is CCNC(=NCc1cccc(NC(=O)C2CCC2)c1)NCC(C)(O)c1ccccc1.I. The monoisotopic (exact) mass is 536 g/mol. The van der Waals surface area contributed by atoms with E-state index in [9.17, 15) is 9.90 Å². The lowest BCUT2D eigenvalue weighted by Crippen LogP contribution is -2.44. The Kier molecular flexibility index (Phi) is 9.77. The number of halogens is 1. The molecule has 0 aliphatic heterocycles. The molecule has 1 fully saturated rings. The molecule has 0 saturated heterocycles. The van der Waals surface area contributed by atoms with Crippen molar-refractivity contribution in [2.45, 2.75) is 45.3 Å². The number of nitrogens with zero attached hydrogens (tertiary/aromatic N) is 1. The molecule has 1 amide bonds. The molecule has 6 nitrogen and oxygen atoms in total. The molecule has 0 aromatic heterocycles. The molecule has 2 aromatic carbocycles. The Morgan fingerprint density at radius 1 is 1.13 bits per heavy atom. The molecular formula is C24H33IN4O2. The number of anilines is 1. The van der Waals surface area contributed by atoms with Crippen LogP contribution in [0, 0.1) is 5.92 Å². The van der Waals surface area contributed by atoms with Crippen molar-refractivity contribution in [1.82, 2.24) is 10.6 Å². The first-order valence-electron chi connectivity index (χ1n) is 10.7. The number of hydrogen-bond acceptors (Lipinski definition) is 3. The van der Waals surface area contributed by atoms with Crippen molar-refractivity contribution in [3.63, 3.8) is 0 Å². The fourth-order valence-corrected chi connectivity index (χ4v) is 3.33. The zero-order valence-electron chi connectivity index (χ0n) is 18.2. The highest BCUT2D eigenvalue weighted by molar-refractivity contribution is 14.0. The van der Waals surface area contributed by atoms with Crippen LogP contribution < -0.4 is 16.0 Å². The van der Waals surface area contributed by atoms with Crippen LogP contribution in [0.4, 0.5) is 5.69 Å². The summed E-state index contributed by atoms with van der Waals surface area (Å²) in [5.41, 5.74) is 1.66. The predicted molar refractivity (Wildman–Crippen MR) is 137 cm³/mol. The summed E-state index contributed by atoms with van der Waals surface area (Å²) in [4.78, 5) is 16.8. The van der Waals surface area contributed by atoms with E-state index in [-0.39, 0.29) is 35.8 Å². The average molecular weight is 536 g/mol. The van der Waals surface area contributed by atoms with Gasteiger partial charge in [-0.15, -0.1) is 24.0 Å². The van der Waals surface area contributed by atoms with E-state index < -0.39 is 5.60 Å². The topological polar surface area (TPSA) is 85.8 Å². The molecule has 1 unspecified atom stereocenters. The van der Waals surface area contributed by atoms with Gasteiger partial charge in [0.2, 0.25) is 5.91 Å². The molecule has 31 heavy (non-hydrogen) atoms. The molecular weight excluding hydrogens is 503 g/mol. The van der Waals surface area contributed by atoms with E-state index in [2.05, 4.69) is 20.9 Å². The molecule has 0 heterocycles. The van der Waals surface area contributed by atoms with Gasteiger partial charge in [0.05, 0.1) is 13.1 Å². The van der Waals surface area contributed by atoms with Crippen molar-refractivity contribution in [3.05, 3.63) is 65.7 Å². The van der Waals surface area contributed by atoms with Crippen LogP contribution >= 0.6 is 24.0 Å². The Bertz CT molecular complexity index is 867. The van der Waals surface area contributed by atoms with Gasteiger partial charge in [-0.2, -0.15) is 0 Å². The number of hydrogen-bond donors (Lipinski definition) is 4. The standard InChI is InChI=1S/C24H32N4O2.HI/c1-3-25-23(27-17-24(2,30)20-12-5-4-6-13-20)26-16-18-9-7-14-21(15-18)28-22(29)19-10-8-11-19;/h4-7,9,12-15,19,30H,3,8,10-11,16-17H2,1-2H3,(H,28,29)(H2,25,26,27);1H. The maximum atomic E-state index is 12.2. The molecule has 0 bridgehead atoms. The molecule has 3 rings (SSSR count). The molecule has 7 heteroatoms. The number of rotatable bonds is 8. The van der Waals surface area contributed by atoms with E-state index in [1.165, 1.54) is 0 Å². The molecule has 0 radical (unpaired) electrons. The Morgan fingerprint density at radius 3 is 2.52 bits per heavy atom. The third-order valence-electron chi connectivity index (χ3n) is 5.43. The van der Waals surface area contributed by atoms with Gasteiger partial charge in [0.25, 0.3) is 0 Å². The van der Waals surface area contributed by atoms with Gasteiger partial charge in [-0.3, -0.25) is 4.79 Å². The number of amides is 1. The Hall–Kier alpha value is -2.13. The predicted octanol–water partition coefficient (Wildman–Crippen LogP) is 4.01. The van der Waals surface area contributed by atoms with E-state index in [1.54, 1.807) is 6.92 Å². The molecule has 4 N–H and O–H groups in total. The molecule has 168 valence electrons. The van der Waals surface area contributed by atoms with Crippen LogP contribution in [0.5, 0.6) is 0 Å². The van der Waals surface area contributed by atoms with Crippen LogP contribution in [0.1, 0.15) is 44.2 Å². The second-order valence-corrected chi connectivity index (χ2v) is 8.01. The fraction of sp³-hybridized carbons (Fsp3) is 0.417. The summed E-state index contributed by atoms with van der Waals surface area (Å²) in [6.07, 6.45) is 3.12. The van der Waals surface area contributed by atoms with Gasteiger partial charge in [0, 0.05) is 18.2 Å². The molecule has 1 aliphatic rings. The second kappa shape index (κ2) is 12.0. The molecule has 0 spiro atoms. The summed E-state index contributed by atoms with van der Waals surface area (Å²) in [6.45, 7) is 5.31. The zero-order chi connectivity index (χ0) is 21.4. The largest absolute Gasteiger partial charge is 0.384 e. The summed E-state index contributed by atoms with van der Waals surface area (Å²) in [6, 6.07) is 17.4. The zero-order valence-corrected chi connectivity index (χ0v) is 20.6. The quantitative estimate of drug-likeness (QED) is 0.234. The van der Waals surface area contributed by atoms with Crippen molar-refractivity contribution in [2.75, 3.05) is 18.4 Å². The van der Waals surface area contributed by atoms with Crippen LogP contribution in [0.3, 0.4) is 0 Å². The lowest BCUT2D eigenvalue weighted by Gasteiger charge is -2.25. The van der Waals surface area contributed by atoms with Gasteiger partial charge in [0.15, 0.2) is 5.96 Å². The first-order valence-corrected chi connectivity index (χ1v) is 10.7. The van der Waals surface area contributed by atoms with E-state index >= 15 is 0 Å². The van der Waals surface area contributed by atoms with Crippen LogP contribution in [0.15, 0.2) is 59.6 Å². The normalized spacial score (nSPS) is 15.8. The summed E-state index contributed by atoms with van der Waals surface area (Å²) >= 11 is 0. The maximum Gasteiger partial charge on any atom is 0.227 e. The lowest BCUT2D eigenvalue weighted by molar-refractivity contribution is -0.122. The lowest BCUT2D eigenvalue weighted by atomic mass is 9.85. The highest BCUT2D eigenvalue weighted by Gasteiger charge is 2.25. The van der Waals surface area contributed by atoms with E-state index in [0.717, 1.165) is 42.6 Å². The van der Waals surface area contributed by atoms with E-state index in [1.807, 2.05) is 61.5 Å². The number of aliphatic hydroxyl groups is 1. The Labute approximate surface area is 202 Å². The number of benzene rings is 2. The van der Waals surface area contributed by atoms with Gasteiger partial charge in [-0.25, -0.2) is 4.99 Å². The van der Waals surface area contributed by atoms with Crippen LogP contribution in [-0.4, -0.2) is 30.1 Å². The summed E-state index contributed by atoms with van der Waals surface area (Å²) in [5.74, 6) is 0.909. The molecule has 1 aliphatic carbocycles. The van der Waals surface area contributed by atoms with Gasteiger partial charge >= 0.3 is 0 Å². The fourth-order valence-electron chi connectivity index (χ4n) is 3.33. The van der Waals surface area contributed by atoms with Crippen molar-refractivity contribution in [1.29, 1.82) is 0 Å². The maximum absolute atomic E-state index is 12.2. The minimum absolute atomic E-state index is 0. The van der Waals surface area contributed by atoms with Crippen LogP contribution in [0.2, 0.25) is 0 Å². The average Bonchev–Trinajstić information content (AvgIpc) is 2.70. The number of aliphatic imine (C=N–C) groups is 1. The number of nitrogens with one attached hydrogen (secondary N) is 3. The number of guanidine groups is 1. The van der Waals surface area contributed by atoms with Gasteiger partial charge < -0.3 is 21.1 Å². The smallest absolute Gasteiger partial charge is 0.227 e. The van der Waals surface area contributed by atoms with Crippen LogP contribution in [0.25, 0.3) is 0 Å². The third-order valence-corrected chi connectivity index (χ3v) is 5.43. The van der Waals surface area contributed by atoms with Crippen LogP contribution in [-0.2, 0) is 16.9 Å². The summed E-state index contributed by atoms with van der Waals surface area (Å²) in [5, 5.41) is 20.2. The molecule has 2 aromatic rings. The number of carbonyl (C=O) groups is 1. The number of carbonyl (C=O) groups excluding carboxylic acids is 1. The molecule has 1 atom stereocenters. The second-order valence-electron chi connectivity index (χ2n) is 8.01. The highest BCUT2D eigenvalue weighted by atomic mass is 127. The minimum Gasteiger partial charge on any atom is -0.384 e. The third kappa shape index (κ3) is 7.50. The summed E-state index contributed by atoms with van der Waals surface area (Å²) in [7, 11) is 0. The van der Waals surface area contributed by atoms with Crippen molar-refractivity contribution >= 4 is 41.5 Å². The summed E-state index contributed by atoms with van der Waals surface area (Å²) < 4.78 is 0. The Morgan fingerprint density at radius 2 is 1.87 bits per heavy atom. The first kappa shape index (κ1) is 25.1. The van der Waals surface area contributed by atoms with Crippen molar-refractivity contribution in [3.8, 4) is 0 Å². The van der Waals surface area contributed by atoms with E-state index in [4.69, 9.17) is 0 Å². The minimum atomic E-state index is -1.01. The first-order chi connectivity index (χ1) is 14.5. The van der Waals surface area contributed by atoms with Gasteiger partial charge in [-0.1, -0.05) is 48.9 Å².